The topological polar surface area (TPSA) is 101 Å². The number of carbonyl (C=O) groups excluding carboxylic acids is 1. The molecule has 1 aliphatic heterocycles. The maximum absolute atomic E-state index is 13.4. The third kappa shape index (κ3) is 6.72. The van der Waals surface area contributed by atoms with Crippen LogP contribution in [-0.4, -0.2) is 52.7 Å². The van der Waals surface area contributed by atoms with Crippen molar-refractivity contribution in [3.8, 4) is 0 Å². The van der Waals surface area contributed by atoms with Gasteiger partial charge in [-0.1, -0.05) is 0 Å². The number of anilines is 2. The second kappa shape index (κ2) is 10.8. The van der Waals surface area contributed by atoms with E-state index in [1.54, 1.807) is 17.9 Å². The molecule has 0 saturated carbocycles. The van der Waals surface area contributed by atoms with Crippen molar-refractivity contribution in [2.45, 2.75) is 52.4 Å². The fourth-order valence-corrected chi connectivity index (χ4v) is 4.61. The van der Waals surface area contributed by atoms with Crippen molar-refractivity contribution in [2.75, 3.05) is 36.4 Å². The Labute approximate surface area is 230 Å². The SMILES string of the molecule is Cc1cc(N[C@H](C)c2cc([N+](=O)[O-])cc(C(F)(F)F)c2)c2cc(N3CCN(C(=O)OC(C)(C)C)CC3)ccc2n1. The molecule has 214 valence electrons. The van der Waals surface area contributed by atoms with Gasteiger partial charge >= 0.3 is 12.3 Å². The van der Waals surface area contributed by atoms with Crippen LogP contribution in [0.4, 0.5) is 35.0 Å². The molecule has 0 radical (unpaired) electrons. The van der Waals surface area contributed by atoms with E-state index in [2.05, 4.69) is 15.2 Å². The number of nitrogens with zero attached hydrogens (tertiary/aromatic N) is 4. The Bertz CT molecular complexity index is 1430. The quantitative estimate of drug-likeness (QED) is 0.274. The summed E-state index contributed by atoms with van der Waals surface area (Å²) in [7, 11) is 0. The zero-order valence-electron chi connectivity index (χ0n) is 23.0. The minimum absolute atomic E-state index is 0.138. The van der Waals surface area contributed by atoms with Crippen LogP contribution in [0, 0.1) is 17.0 Å². The molecule has 3 aromatic rings. The Kier molecular flexibility index (Phi) is 7.82. The van der Waals surface area contributed by atoms with Gasteiger partial charge in [-0.15, -0.1) is 0 Å². The van der Waals surface area contributed by atoms with Crippen molar-refractivity contribution in [3.63, 3.8) is 0 Å². The molecule has 1 N–H and O–H groups in total. The molecule has 0 spiro atoms. The van der Waals surface area contributed by atoms with Crippen molar-refractivity contribution in [2.24, 2.45) is 0 Å². The normalized spacial score (nSPS) is 15.2. The summed E-state index contributed by atoms with van der Waals surface area (Å²) in [4.78, 5) is 31.3. The maximum atomic E-state index is 13.4. The number of carbonyl (C=O) groups is 1. The van der Waals surface area contributed by atoms with Gasteiger partial charge < -0.3 is 19.9 Å². The number of fused-ring (bicyclic) bond motifs is 1. The molecular formula is C28H32F3N5O4. The van der Waals surface area contributed by atoms with Crippen LogP contribution in [0.15, 0.2) is 42.5 Å². The van der Waals surface area contributed by atoms with Gasteiger partial charge in [0.25, 0.3) is 5.69 Å². The third-order valence-electron chi connectivity index (χ3n) is 6.57. The molecule has 4 rings (SSSR count). The number of nitrogens with one attached hydrogen (secondary N) is 1. The Balaban J connectivity index is 1.59. The number of hydrogen-bond donors (Lipinski definition) is 1. The first kappa shape index (κ1) is 28.9. The molecule has 9 nitrogen and oxygen atoms in total. The number of aryl methyl sites for hydroxylation is 1. The highest BCUT2D eigenvalue weighted by Crippen LogP contribution is 2.36. The monoisotopic (exact) mass is 559 g/mol. The van der Waals surface area contributed by atoms with Gasteiger partial charge in [0.2, 0.25) is 0 Å². The molecule has 1 amide bonds. The summed E-state index contributed by atoms with van der Waals surface area (Å²) in [5.41, 5.74) is 0.820. The van der Waals surface area contributed by atoms with Crippen LogP contribution in [0.2, 0.25) is 0 Å². The molecule has 1 fully saturated rings. The van der Waals surface area contributed by atoms with Crippen LogP contribution in [0.25, 0.3) is 10.9 Å². The molecular weight excluding hydrogens is 527 g/mol. The predicted molar refractivity (Wildman–Crippen MR) is 147 cm³/mol. The van der Waals surface area contributed by atoms with Crippen LogP contribution < -0.4 is 10.2 Å². The van der Waals surface area contributed by atoms with Crippen molar-refractivity contribution in [1.29, 1.82) is 0 Å². The van der Waals surface area contributed by atoms with Crippen molar-refractivity contribution >= 4 is 34.1 Å². The first-order valence-corrected chi connectivity index (χ1v) is 12.9. The molecule has 0 aliphatic carbocycles. The van der Waals surface area contributed by atoms with Gasteiger partial charge in [-0.25, -0.2) is 4.79 Å². The summed E-state index contributed by atoms with van der Waals surface area (Å²) < 4.78 is 45.8. The molecule has 0 unspecified atom stereocenters. The van der Waals surface area contributed by atoms with Crippen molar-refractivity contribution in [3.05, 3.63) is 69.4 Å². The van der Waals surface area contributed by atoms with E-state index >= 15 is 0 Å². The number of pyridine rings is 1. The Morgan fingerprint density at radius 2 is 1.75 bits per heavy atom. The number of piperazine rings is 1. The molecule has 12 heteroatoms. The smallest absolute Gasteiger partial charge is 0.416 e. The number of aromatic nitrogens is 1. The Hall–Kier alpha value is -4.09. The predicted octanol–water partition coefficient (Wildman–Crippen LogP) is 6.70. The number of ether oxygens (including phenoxy) is 1. The van der Waals surface area contributed by atoms with Crippen LogP contribution in [0.3, 0.4) is 0 Å². The number of halogens is 3. The van der Waals surface area contributed by atoms with E-state index in [-0.39, 0.29) is 11.7 Å². The van der Waals surface area contributed by atoms with E-state index in [0.717, 1.165) is 23.2 Å². The molecule has 0 bridgehead atoms. The van der Waals surface area contributed by atoms with Crippen LogP contribution in [0.1, 0.15) is 50.6 Å². The highest BCUT2D eigenvalue weighted by molar-refractivity contribution is 5.94. The zero-order valence-corrected chi connectivity index (χ0v) is 23.0. The van der Waals surface area contributed by atoms with Crippen molar-refractivity contribution < 1.29 is 27.6 Å². The summed E-state index contributed by atoms with van der Waals surface area (Å²) in [6.45, 7) is 11.1. The van der Waals surface area contributed by atoms with Crippen LogP contribution in [0.5, 0.6) is 0 Å². The second-order valence-corrected chi connectivity index (χ2v) is 10.9. The summed E-state index contributed by atoms with van der Waals surface area (Å²) in [5, 5.41) is 15.3. The molecule has 1 aliphatic rings. The largest absolute Gasteiger partial charge is 0.444 e. The minimum atomic E-state index is -4.72. The summed E-state index contributed by atoms with van der Waals surface area (Å²) >= 11 is 0. The van der Waals surface area contributed by atoms with Crippen LogP contribution in [-0.2, 0) is 10.9 Å². The summed E-state index contributed by atoms with van der Waals surface area (Å²) in [5.74, 6) is 0. The zero-order chi connectivity index (χ0) is 29.4. The van der Waals surface area contributed by atoms with Gasteiger partial charge in [0, 0.05) is 66.8 Å². The number of amides is 1. The van der Waals surface area contributed by atoms with E-state index in [1.807, 2.05) is 45.9 Å². The first-order chi connectivity index (χ1) is 18.6. The van der Waals surface area contributed by atoms with Gasteiger partial charge in [0.1, 0.15) is 5.60 Å². The van der Waals surface area contributed by atoms with Crippen LogP contribution >= 0.6 is 0 Å². The number of nitro benzene ring substituents is 1. The fourth-order valence-electron chi connectivity index (χ4n) is 4.61. The highest BCUT2D eigenvalue weighted by Gasteiger charge is 2.33. The average Bonchev–Trinajstić information content (AvgIpc) is 2.86. The Morgan fingerprint density at radius 1 is 1.07 bits per heavy atom. The Morgan fingerprint density at radius 3 is 2.35 bits per heavy atom. The highest BCUT2D eigenvalue weighted by atomic mass is 19.4. The number of rotatable bonds is 5. The maximum Gasteiger partial charge on any atom is 0.416 e. The lowest BCUT2D eigenvalue weighted by Crippen LogP contribution is -2.50. The van der Waals surface area contributed by atoms with Gasteiger partial charge in [0.15, 0.2) is 0 Å². The molecule has 1 saturated heterocycles. The number of hydrogen-bond acceptors (Lipinski definition) is 7. The molecule has 1 aromatic heterocycles. The fraction of sp³-hybridized carbons (Fsp3) is 0.429. The van der Waals surface area contributed by atoms with Gasteiger partial charge in [-0.2, -0.15) is 13.2 Å². The summed E-state index contributed by atoms with van der Waals surface area (Å²) in [6, 6.07) is 9.52. The van der Waals surface area contributed by atoms with Crippen molar-refractivity contribution in [1.82, 2.24) is 9.88 Å². The molecule has 1 atom stereocenters. The lowest BCUT2D eigenvalue weighted by molar-refractivity contribution is -0.385. The first-order valence-electron chi connectivity index (χ1n) is 12.9. The minimum Gasteiger partial charge on any atom is -0.444 e. The number of benzene rings is 2. The molecule has 2 aromatic carbocycles. The van der Waals surface area contributed by atoms with Gasteiger partial charge in [0.05, 0.1) is 16.0 Å². The summed E-state index contributed by atoms with van der Waals surface area (Å²) in [6.07, 6.45) is -5.07. The number of alkyl halides is 3. The lowest BCUT2D eigenvalue weighted by atomic mass is 10.0. The van der Waals surface area contributed by atoms with E-state index in [0.29, 0.717) is 49.1 Å². The molecule has 40 heavy (non-hydrogen) atoms. The lowest BCUT2D eigenvalue weighted by Gasteiger charge is -2.36. The van der Waals surface area contributed by atoms with E-state index in [4.69, 9.17) is 4.74 Å². The third-order valence-corrected chi connectivity index (χ3v) is 6.57. The van der Waals surface area contributed by atoms with Gasteiger partial charge in [-0.05, 0) is 70.5 Å². The second-order valence-electron chi connectivity index (χ2n) is 10.9. The number of nitro groups is 1. The van der Waals surface area contributed by atoms with E-state index < -0.39 is 34.0 Å². The van der Waals surface area contributed by atoms with E-state index in [9.17, 15) is 28.1 Å². The van der Waals surface area contributed by atoms with Gasteiger partial charge in [-0.3, -0.25) is 15.1 Å². The van der Waals surface area contributed by atoms with E-state index in [1.165, 1.54) is 0 Å². The number of non-ortho nitro benzene ring substituents is 1. The average molecular weight is 560 g/mol. The standard InChI is InChI=1S/C28H32F3N5O4/c1-17-12-25(33-18(2)19-13-20(28(29,30)31)15-22(14-19)36(38)39)23-16-21(6-7-24(23)32-17)34-8-10-35(11-9-34)26(37)40-27(3,4)5/h6-7,12-16,18H,8-11H2,1-5H3,(H,32,33)/t18-/m1/s1. The molecule has 2 heterocycles.